The van der Waals surface area contributed by atoms with E-state index in [0.717, 1.165) is 0 Å². The molecule has 0 aliphatic rings. The monoisotopic (exact) mass is 337 g/mol. The van der Waals surface area contributed by atoms with E-state index < -0.39 is 20.6 Å². The quantitative estimate of drug-likeness (QED) is 0.574. The summed E-state index contributed by atoms with van der Waals surface area (Å²) in [5.41, 5.74) is 0. The van der Waals surface area contributed by atoms with Gasteiger partial charge in [-0.1, -0.05) is 60.7 Å². The summed E-state index contributed by atoms with van der Waals surface area (Å²) >= 11 is 0. The Hall–Kier alpha value is -1.09. The molecule has 0 heterocycles. The molecule has 9 heteroatoms. The fourth-order valence-corrected chi connectivity index (χ4v) is 6.24. The van der Waals surface area contributed by atoms with Gasteiger partial charge in [0, 0.05) is 20.6 Å². The molecule has 2 N–H and O–H groups in total. The Morgan fingerprint density at radius 2 is 0.955 bits per heavy atom. The molecule has 0 saturated heterocycles. The maximum atomic E-state index is 12.1. The minimum absolute atomic E-state index is 0. The molecule has 22 heavy (non-hydrogen) atoms. The second-order valence-electron chi connectivity index (χ2n) is 4.16. The third-order valence-electron chi connectivity index (χ3n) is 2.67. The number of hydrogen-bond donors (Lipinski definition) is 0. The van der Waals surface area contributed by atoms with Crippen molar-refractivity contribution in [3.8, 4) is 0 Å². The first kappa shape index (κ1) is 23.2. The molecule has 2 atom stereocenters. The van der Waals surface area contributed by atoms with E-state index in [9.17, 15) is 18.9 Å². The van der Waals surface area contributed by atoms with Gasteiger partial charge in [-0.25, -0.2) is 0 Å². The van der Waals surface area contributed by atoms with E-state index in [0.29, 0.717) is 0 Å². The summed E-state index contributed by atoms with van der Waals surface area (Å²) in [6, 6.07) is 15.2. The predicted molar refractivity (Wildman–Crippen MR) is 81.9 cm³/mol. The molecule has 2 rings (SSSR count). The SMILES string of the molecule is O=P([O-])(CP(=O)([O-])c1ccccc1)c1ccccc1.[Be+2].[OH-].[OH-]. The average Bonchev–Trinajstić information content (AvgIpc) is 2.40. The first-order valence-corrected chi connectivity index (χ1v) is 9.25. The van der Waals surface area contributed by atoms with Crippen molar-refractivity contribution in [1.29, 1.82) is 0 Å². The van der Waals surface area contributed by atoms with Gasteiger partial charge in [0.1, 0.15) is 0 Å². The van der Waals surface area contributed by atoms with Crippen LogP contribution in [-0.2, 0) is 9.13 Å². The van der Waals surface area contributed by atoms with E-state index in [1.807, 2.05) is 0 Å². The van der Waals surface area contributed by atoms with Crippen molar-refractivity contribution in [2.24, 2.45) is 0 Å². The van der Waals surface area contributed by atoms with Gasteiger partial charge in [0.25, 0.3) is 0 Å². The second kappa shape index (κ2) is 9.14. The molecule has 2 aromatic rings. The van der Waals surface area contributed by atoms with Crippen LogP contribution in [0.2, 0.25) is 0 Å². The molecular weight excluding hydrogens is 323 g/mol. The normalized spacial score (nSPS) is 15.0. The van der Waals surface area contributed by atoms with Crippen molar-refractivity contribution in [2.45, 2.75) is 0 Å². The fourth-order valence-electron chi connectivity index (χ4n) is 1.72. The zero-order chi connectivity index (χ0) is 13.9. The topological polar surface area (TPSA) is 140 Å². The molecule has 0 fully saturated rings. The second-order valence-corrected chi connectivity index (χ2v) is 9.02. The third-order valence-corrected chi connectivity index (χ3v) is 7.82. The van der Waals surface area contributed by atoms with Crippen LogP contribution in [0.25, 0.3) is 0 Å². The summed E-state index contributed by atoms with van der Waals surface area (Å²) in [6.07, 6.45) is 0. The molecule has 0 spiro atoms. The summed E-state index contributed by atoms with van der Waals surface area (Å²) in [6.45, 7) is 0. The van der Waals surface area contributed by atoms with Gasteiger partial charge in [0.05, 0.1) is 0 Å². The Balaban J connectivity index is 0. The molecule has 0 aliphatic heterocycles. The number of rotatable bonds is 4. The number of benzene rings is 2. The van der Waals surface area contributed by atoms with E-state index in [1.165, 1.54) is 24.3 Å². The maximum absolute atomic E-state index is 12.1. The third kappa shape index (κ3) is 5.60. The molecule has 0 bridgehead atoms. The van der Waals surface area contributed by atoms with Crippen LogP contribution in [0.4, 0.5) is 0 Å². The van der Waals surface area contributed by atoms with Crippen molar-refractivity contribution in [3.63, 3.8) is 0 Å². The number of hydrogen-bond acceptors (Lipinski definition) is 6. The van der Waals surface area contributed by atoms with Crippen molar-refractivity contribution < 1.29 is 29.9 Å². The van der Waals surface area contributed by atoms with Crippen molar-refractivity contribution in [1.82, 2.24) is 0 Å². The Morgan fingerprint density at radius 1 is 0.682 bits per heavy atom. The van der Waals surface area contributed by atoms with E-state index in [4.69, 9.17) is 0 Å². The molecule has 0 amide bonds. The summed E-state index contributed by atoms with van der Waals surface area (Å²) in [5, 5.41) is 0.0870. The zero-order valence-corrected chi connectivity index (χ0v) is 13.4. The molecule has 2 aromatic carbocycles. The zero-order valence-electron chi connectivity index (χ0n) is 11.6. The molecule has 116 valence electrons. The summed E-state index contributed by atoms with van der Waals surface area (Å²) in [5.74, 6) is -0.867. The van der Waals surface area contributed by atoms with Gasteiger partial charge in [-0.15, -0.1) is 0 Å². The van der Waals surface area contributed by atoms with Gasteiger partial charge in [-0.2, -0.15) is 0 Å². The average molecular weight is 337 g/mol. The van der Waals surface area contributed by atoms with Crippen molar-refractivity contribution in [3.05, 3.63) is 60.7 Å². The van der Waals surface area contributed by atoms with Crippen LogP contribution < -0.4 is 20.4 Å². The molecule has 0 radical (unpaired) electrons. The first-order chi connectivity index (χ1) is 8.92. The van der Waals surface area contributed by atoms with Crippen LogP contribution in [0.1, 0.15) is 0 Å². The van der Waals surface area contributed by atoms with Crippen LogP contribution in [0.5, 0.6) is 0 Å². The minimum Gasteiger partial charge on any atom is -0.870 e. The van der Waals surface area contributed by atoms with Crippen molar-refractivity contribution in [2.75, 3.05) is 5.90 Å². The van der Waals surface area contributed by atoms with E-state index >= 15 is 0 Å². The largest absolute Gasteiger partial charge is 2.00 e. The molecule has 0 saturated carbocycles. The van der Waals surface area contributed by atoms with Gasteiger partial charge >= 0.3 is 10.1 Å². The predicted octanol–water partition coefficient (Wildman–Crippen LogP) is 0.137. The minimum atomic E-state index is -4.16. The molecule has 6 nitrogen and oxygen atoms in total. The Morgan fingerprint density at radius 3 is 1.23 bits per heavy atom. The van der Waals surface area contributed by atoms with E-state index in [2.05, 4.69) is 0 Å². The standard InChI is InChI=1S/C13H14O4P2.Be.2H2O/c14-18(15,12-7-3-1-4-8-12)11-19(16,17)13-9-5-2-6-10-13;;;/h1-10H,11H2,(H,14,15)(H,16,17);;2*1H2/q;+2;;/p-4. The van der Waals surface area contributed by atoms with Gasteiger partial charge in [-0.3, -0.25) is 0 Å². The van der Waals surface area contributed by atoms with Gasteiger partial charge in [0.2, 0.25) is 0 Å². The molecule has 2 unspecified atom stereocenters. The van der Waals surface area contributed by atoms with Crippen LogP contribution >= 0.6 is 14.7 Å². The van der Waals surface area contributed by atoms with Crippen LogP contribution in [0.3, 0.4) is 0 Å². The van der Waals surface area contributed by atoms with Crippen LogP contribution in [0, 0.1) is 0 Å². The van der Waals surface area contributed by atoms with Crippen LogP contribution in [-0.4, -0.2) is 27.0 Å². The summed E-state index contributed by atoms with van der Waals surface area (Å²) in [4.78, 5) is 24.2. The van der Waals surface area contributed by atoms with Crippen LogP contribution in [0.15, 0.2) is 60.7 Å². The first-order valence-electron chi connectivity index (χ1n) is 5.63. The maximum Gasteiger partial charge on any atom is 2.00 e. The van der Waals surface area contributed by atoms with Crippen molar-refractivity contribution >= 4 is 35.5 Å². The fraction of sp³-hybridized carbons (Fsp3) is 0.0769. The Labute approximate surface area is 132 Å². The summed E-state index contributed by atoms with van der Waals surface area (Å²) < 4.78 is 24.2. The molecular formula is C13H14BeO6P2-2. The van der Waals surface area contributed by atoms with Gasteiger partial charge in [0.15, 0.2) is 0 Å². The van der Waals surface area contributed by atoms with E-state index in [1.54, 1.807) is 36.4 Å². The van der Waals surface area contributed by atoms with Gasteiger partial charge < -0.3 is 29.9 Å². The summed E-state index contributed by atoms with van der Waals surface area (Å²) in [7, 11) is -8.31. The van der Waals surface area contributed by atoms with Gasteiger partial charge in [-0.05, 0) is 10.6 Å². The molecule has 0 aromatic heterocycles. The Kier molecular flexibility index (Phi) is 9.63. The molecule has 0 aliphatic carbocycles. The smallest absolute Gasteiger partial charge is 0.870 e. The Bertz CT molecular complexity index is 593. The van der Waals surface area contributed by atoms with E-state index in [-0.39, 0.29) is 31.7 Å².